The third kappa shape index (κ3) is 4.20. The zero-order valence-corrected chi connectivity index (χ0v) is 13.1. The number of nitrogens with zero attached hydrogens (tertiary/aromatic N) is 3. The van der Waals surface area contributed by atoms with E-state index in [0.717, 1.165) is 57.6 Å². The number of aromatic nitrogens is 2. The van der Waals surface area contributed by atoms with Gasteiger partial charge in [0.1, 0.15) is 0 Å². The zero-order valence-electron chi connectivity index (χ0n) is 13.1. The Kier molecular flexibility index (Phi) is 4.94. The Morgan fingerprint density at radius 2 is 2.23 bits per heavy atom. The van der Waals surface area contributed by atoms with Crippen molar-refractivity contribution in [2.24, 2.45) is 0 Å². The number of nitrogens with one attached hydrogen (secondary N) is 2. The molecule has 3 heterocycles. The molecule has 0 aromatic carbocycles. The Hall–Kier alpha value is -1.60. The van der Waals surface area contributed by atoms with Crippen LogP contribution in [0.5, 0.6) is 0 Å². The Bertz CT molecular complexity index is 490. The summed E-state index contributed by atoms with van der Waals surface area (Å²) in [5.74, 6) is 0. The molecule has 7 heteroatoms. The van der Waals surface area contributed by atoms with E-state index >= 15 is 0 Å². The fraction of sp³-hybridized carbons (Fsp3) is 0.733. The summed E-state index contributed by atoms with van der Waals surface area (Å²) in [5, 5.41) is 10.2. The molecule has 2 amide bonds. The van der Waals surface area contributed by atoms with Crippen LogP contribution in [0.4, 0.5) is 10.5 Å². The SMILES string of the molecule is CN1CCC(NC(=O)Nc2cnn(CC3CCCO3)c2)CC1. The fourth-order valence-corrected chi connectivity index (χ4v) is 3.03. The third-order valence-corrected chi connectivity index (χ3v) is 4.36. The Balaban J connectivity index is 1.44. The van der Waals surface area contributed by atoms with Gasteiger partial charge < -0.3 is 20.3 Å². The molecule has 0 bridgehead atoms. The van der Waals surface area contributed by atoms with E-state index in [1.165, 1.54) is 0 Å². The number of likely N-dealkylation sites (tertiary alicyclic amines) is 1. The van der Waals surface area contributed by atoms with E-state index in [4.69, 9.17) is 4.74 Å². The Labute approximate surface area is 131 Å². The van der Waals surface area contributed by atoms with E-state index in [2.05, 4.69) is 27.7 Å². The molecule has 2 aliphatic heterocycles. The number of hydrogen-bond donors (Lipinski definition) is 2. The van der Waals surface area contributed by atoms with Crippen LogP contribution in [-0.2, 0) is 11.3 Å². The monoisotopic (exact) mass is 307 g/mol. The van der Waals surface area contributed by atoms with Gasteiger partial charge in [0, 0.05) is 18.8 Å². The highest BCUT2D eigenvalue weighted by molar-refractivity contribution is 5.89. The summed E-state index contributed by atoms with van der Waals surface area (Å²) in [4.78, 5) is 14.3. The highest BCUT2D eigenvalue weighted by atomic mass is 16.5. The second-order valence-corrected chi connectivity index (χ2v) is 6.26. The first-order valence-corrected chi connectivity index (χ1v) is 8.09. The minimum Gasteiger partial charge on any atom is -0.376 e. The van der Waals surface area contributed by atoms with Crippen molar-refractivity contribution in [3.05, 3.63) is 12.4 Å². The van der Waals surface area contributed by atoms with Crippen LogP contribution in [0, 0.1) is 0 Å². The van der Waals surface area contributed by atoms with Crippen molar-refractivity contribution in [3.8, 4) is 0 Å². The summed E-state index contributed by atoms with van der Waals surface area (Å²) in [7, 11) is 2.11. The number of ether oxygens (including phenoxy) is 1. The van der Waals surface area contributed by atoms with Gasteiger partial charge in [-0.1, -0.05) is 0 Å². The van der Waals surface area contributed by atoms with Crippen LogP contribution in [0.15, 0.2) is 12.4 Å². The molecule has 1 atom stereocenters. The van der Waals surface area contributed by atoms with Crippen molar-refractivity contribution in [2.45, 2.75) is 44.4 Å². The molecule has 2 fully saturated rings. The van der Waals surface area contributed by atoms with Crippen molar-refractivity contribution in [3.63, 3.8) is 0 Å². The van der Waals surface area contributed by atoms with E-state index in [1.807, 2.05) is 10.9 Å². The average Bonchev–Trinajstić information content (AvgIpc) is 3.14. The summed E-state index contributed by atoms with van der Waals surface area (Å²) in [6.07, 6.45) is 8.00. The number of urea groups is 1. The van der Waals surface area contributed by atoms with Crippen LogP contribution < -0.4 is 10.6 Å². The maximum Gasteiger partial charge on any atom is 0.319 e. The van der Waals surface area contributed by atoms with Crippen molar-refractivity contribution in [1.29, 1.82) is 0 Å². The van der Waals surface area contributed by atoms with Crippen molar-refractivity contribution in [2.75, 3.05) is 32.1 Å². The van der Waals surface area contributed by atoms with E-state index in [0.29, 0.717) is 0 Å². The Morgan fingerprint density at radius 3 is 2.95 bits per heavy atom. The van der Waals surface area contributed by atoms with Crippen LogP contribution in [0.2, 0.25) is 0 Å². The van der Waals surface area contributed by atoms with Crippen LogP contribution in [-0.4, -0.2) is 59.6 Å². The molecule has 0 saturated carbocycles. The van der Waals surface area contributed by atoms with Crippen LogP contribution in [0.1, 0.15) is 25.7 Å². The number of carbonyl (C=O) groups excluding carboxylic acids is 1. The second kappa shape index (κ2) is 7.11. The van der Waals surface area contributed by atoms with E-state index in [9.17, 15) is 4.79 Å². The van der Waals surface area contributed by atoms with Gasteiger partial charge in [-0.3, -0.25) is 4.68 Å². The summed E-state index contributed by atoms with van der Waals surface area (Å²) in [6, 6.07) is 0.115. The maximum absolute atomic E-state index is 12.0. The highest BCUT2D eigenvalue weighted by Crippen LogP contribution is 2.15. The van der Waals surface area contributed by atoms with E-state index < -0.39 is 0 Å². The third-order valence-electron chi connectivity index (χ3n) is 4.36. The van der Waals surface area contributed by atoms with Crippen molar-refractivity contribution in [1.82, 2.24) is 20.0 Å². The Morgan fingerprint density at radius 1 is 1.41 bits per heavy atom. The number of rotatable bonds is 4. The summed E-state index contributed by atoms with van der Waals surface area (Å²) in [6.45, 7) is 3.66. The zero-order chi connectivity index (χ0) is 15.4. The lowest BCUT2D eigenvalue weighted by molar-refractivity contribution is 0.0940. The topological polar surface area (TPSA) is 71.4 Å². The van der Waals surface area contributed by atoms with Gasteiger partial charge in [0.15, 0.2) is 0 Å². The van der Waals surface area contributed by atoms with Crippen LogP contribution in [0.25, 0.3) is 0 Å². The lowest BCUT2D eigenvalue weighted by atomic mass is 10.1. The highest BCUT2D eigenvalue weighted by Gasteiger charge is 2.19. The van der Waals surface area contributed by atoms with Crippen molar-refractivity contribution < 1.29 is 9.53 Å². The molecule has 122 valence electrons. The molecule has 0 radical (unpaired) electrons. The number of piperidine rings is 1. The quantitative estimate of drug-likeness (QED) is 0.879. The van der Waals surface area contributed by atoms with Gasteiger partial charge >= 0.3 is 6.03 Å². The molecule has 0 spiro atoms. The van der Waals surface area contributed by atoms with Crippen LogP contribution in [0.3, 0.4) is 0 Å². The summed E-state index contributed by atoms with van der Waals surface area (Å²) < 4.78 is 7.43. The minimum atomic E-state index is -0.147. The molecular formula is C15H25N5O2. The first-order chi connectivity index (χ1) is 10.7. The van der Waals surface area contributed by atoms with Gasteiger partial charge in [-0.2, -0.15) is 5.10 Å². The smallest absolute Gasteiger partial charge is 0.319 e. The van der Waals surface area contributed by atoms with Gasteiger partial charge in [0.2, 0.25) is 0 Å². The molecule has 2 aliphatic rings. The van der Waals surface area contributed by atoms with Gasteiger partial charge in [-0.15, -0.1) is 0 Å². The molecule has 2 saturated heterocycles. The largest absolute Gasteiger partial charge is 0.376 e. The van der Waals surface area contributed by atoms with E-state index in [-0.39, 0.29) is 18.2 Å². The van der Waals surface area contributed by atoms with Crippen LogP contribution >= 0.6 is 0 Å². The molecule has 1 aromatic rings. The molecule has 22 heavy (non-hydrogen) atoms. The first kappa shape index (κ1) is 15.3. The fourth-order valence-electron chi connectivity index (χ4n) is 3.03. The first-order valence-electron chi connectivity index (χ1n) is 8.09. The number of anilines is 1. The molecule has 3 rings (SSSR count). The normalized spacial score (nSPS) is 23.6. The predicted octanol–water partition coefficient (Wildman–Crippen LogP) is 1.28. The van der Waals surface area contributed by atoms with Crippen molar-refractivity contribution >= 4 is 11.7 Å². The molecule has 2 N–H and O–H groups in total. The lowest BCUT2D eigenvalue weighted by Gasteiger charge is -2.29. The molecule has 7 nitrogen and oxygen atoms in total. The van der Waals surface area contributed by atoms with Gasteiger partial charge in [0.05, 0.1) is 24.5 Å². The minimum absolute atomic E-state index is 0.147. The molecular weight excluding hydrogens is 282 g/mol. The summed E-state index contributed by atoms with van der Waals surface area (Å²) >= 11 is 0. The maximum atomic E-state index is 12.0. The molecule has 0 aliphatic carbocycles. The van der Waals surface area contributed by atoms with Gasteiger partial charge in [-0.05, 0) is 45.8 Å². The number of carbonyl (C=O) groups is 1. The molecule has 1 aromatic heterocycles. The summed E-state index contributed by atoms with van der Waals surface area (Å²) in [5.41, 5.74) is 0.725. The number of hydrogen-bond acceptors (Lipinski definition) is 4. The predicted molar refractivity (Wildman–Crippen MR) is 83.9 cm³/mol. The van der Waals surface area contributed by atoms with Gasteiger partial charge in [0.25, 0.3) is 0 Å². The average molecular weight is 307 g/mol. The number of amides is 2. The van der Waals surface area contributed by atoms with E-state index in [1.54, 1.807) is 6.20 Å². The van der Waals surface area contributed by atoms with Gasteiger partial charge in [-0.25, -0.2) is 4.79 Å². The standard InChI is InChI=1S/C15H25N5O2/c1-19-6-4-12(5-7-19)17-15(21)18-13-9-16-20(10-13)11-14-3-2-8-22-14/h9-10,12,14H,2-8,11H2,1H3,(H2,17,18,21). The molecule has 1 unspecified atom stereocenters. The lowest BCUT2D eigenvalue weighted by Crippen LogP contribution is -2.44. The second-order valence-electron chi connectivity index (χ2n) is 6.26.